The zero-order chi connectivity index (χ0) is 8.15. The lowest BCUT2D eigenvalue weighted by molar-refractivity contribution is 0.450. The first-order valence-corrected chi connectivity index (χ1v) is 3.24. The number of nitrogens with two attached hydrogens (primary N) is 3. The molecule has 0 radical (unpaired) electrons. The Balaban J connectivity index is 3.94. The molecule has 0 aliphatic rings. The van der Waals surface area contributed by atoms with Gasteiger partial charge in [-0.05, 0) is 6.42 Å². The monoisotopic (exact) mass is 145 g/mol. The van der Waals surface area contributed by atoms with Gasteiger partial charge >= 0.3 is 0 Å². The Morgan fingerprint density at radius 3 is 2.40 bits per heavy atom. The lowest BCUT2D eigenvalue weighted by Crippen LogP contribution is -2.44. The predicted molar refractivity (Wildman–Crippen MR) is 41.1 cm³/mol. The Hall–Kier alpha value is -0.740. The molecular weight excluding hydrogens is 130 g/mol. The maximum atomic E-state index is 8.43. The summed E-state index contributed by atoms with van der Waals surface area (Å²) in [5, 5.41) is 8.43. The molecule has 4 nitrogen and oxygen atoms in total. The van der Waals surface area contributed by atoms with Crippen LogP contribution in [0.25, 0.3) is 0 Å². The van der Waals surface area contributed by atoms with Gasteiger partial charge in [-0.3, -0.25) is 0 Å². The summed E-state index contributed by atoms with van der Waals surface area (Å²) in [4.78, 5) is 0. The molecule has 0 aliphatic carbocycles. The van der Waals surface area contributed by atoms with Crippen LogP contribution in [0.3, 0.4) is 0 Å². The molecule has 0 rings (SSSR count). The van der Waals surface area contributed by atoms with Crippen molar-refractivity contribution in [2.24, 2.45) is 17.2 Å². The highest BCUT2D eigenvalue weighted by Crippen LogP contribution is 1.97. The molecule has 0 fully saturated rings. The fourth-order valence-electron chi connectivity index (χ4n) is 0.587. The van der Waals surface area contributed by atoms with Crippen LogP contribution in [0.2, 0.25) is 0 Å². The topological polar surface area (TPSA) is 98.3 Å². The van der Waals surface area contributed by atoms with Crippen molar-refractivity contribution in [3.8, 4) is 0 Å². The van der Waals surface area contributed by atoms with Gasteiger partial charge in [-0.15, -0.1) is 0 Å². The van der Waals surface area contributed by atoms with Gasteiger partial charge in [0.25, 0.3) is 0 Å². The van der Waals surface area contributed by atoms with Crippen molar-refractivity contribution in [2.45, 2.75) is 25.4 Å². The Kier molecular flexibility index (Phi) is 3.83. The van der Waals surface area contributed by atoms with Gasteiger partial charge in [0.2, 0.25) is 0 Å². The van der Waals surface area contributed by atoms with Crippen LogP contribution in [0, 0.1) is 0 Å². The Bertz CT molecular complexity index is 124. The van der Waals surface area contributed by atoms with E-state index in [9.17, 15) is 0 Å². The number of aliphatic hydroxyl groups excluding tert-OH is 1. The number of aliphatic hydroxyl groups is 1. The van der Waals surface area contributed by atoms with Crippen LogP contribution in [0.5, 0.6) is 0 Å². The van der Waals surface area contributed by atoms with Crippen molar-refractivity contribution >= 4 is 0 Å². The van der Waals surface area contributed by atoms with Crippen molar-refractivity contribution in [1.82, 2.24) is 0 Å². The van der Waals surface area contributed by atoms with E-state index in [1.807, 2.05) is 6.92 Å². The number of hydrogen-bond donors (Lipinski definition) is 4. The van der Waals surface area contributed by atoms with Crippen LogP contribution in [0.1, 0.15) is 13.3 Å². The van der Waals surface area contributed by atoms with Crippen LogP contribution in [-0.4, -0.2) is 17.2 Å². The quantitative estimate of drug-likeness (QED) is 0.399. The first-order chi connectivity index (χ1) is 4.63. The van der Waals surface area contributed by atoms with E-state index >= 15 is 0 Å². The first-order valence-electron chi connectivity index (χ1n) is 3.24. The predicted octanol–water partition coefficient (Wildman–Crippen LogP) is -0.591. The average Bonchev–Trinajstić information content (AvgIpc) is 2.00. The fraction of sp³-hybridized carbons (Fsp3) is 0.667. The molecule has 2 atom stereocenters. The molecule has 0 heterocycles. The molecule has 0 aromatic rings. The van der Waals surface area contributed by atoms with Crippen LogP contribution < -0.4 is 17.2 Å². The van der Waals surface area contributed by atoms with Gasteiger partial charge in [-0.1, -0.05) is 6.92 Å². The fourth-order valence-corrected chi connectivity index (χ4v) is 0.587. The second-order valence-electron chi connectivity index (χ2n) is 2.23. The van der Waals surface area contributed by atoms with Gasteiger partial charge in [0, 0.05) is 6.04 Å². The molecule has 0 aromatic heterocycles. The minimum absolute atomic E-state index is 0.177. The molecule has 10 heavy (non-hydrogen) atoms. The molecule has 0 spiro atoms. The van der Waals surface area contributed by atoms with Gasteiger partial charge in [0.15, 0.2) is 0 Å². The number of hydrogen-bond acceptors (Lipinski definition) is 4. The van der Waals surface area contributed by atoms with Gasteiger partial charge in [0.05, 0.1) is 18.0 Å². The Morgan fingerprint density at radius 1 is 1.60 bits per heavy atom. The zero-order valence-electron chi connectivity index (χ0n) is 6.12. The standard InChI is InChI=1S/C6H15N3O/c1-2-4(7)6(9)5(8)3-10/h3-4,6,10H,2,7-9H2,1H3. The SMILES string of the molecule is CCC(N)C(N)C(N)=CO. The minimum atomic E-state index is -0.435. The summed E-state index contributed by atoms with van der Waals surface area (Å²) in [6, 6.07) is -0.613. The molecule has 60 valence electrons. The summed E-state index contributed by atoms with van der Waals surface area (Å²) < 4.78 is 0. The second-order valence-corrected chi connectivity index (χ2v) is 2.23. The zero-order valence-corrected chi connectivity index (χ0v) is 6.12. The highest BCUT2D eigenvalue weighted by molar-refractivity contribution is 5.05. The van der Waals surface area contributed by atoms with E-state index in [0.717, 1.165) is 12.7 Å². The molecular formula is C6H15N3O. The molecule has 7 N–H and O–H groups in total. The summed E-state index contributed by atoms with van der Waals surface area (Å²) in [5.74, 6) is 0. The molecule has 0 amide bonds. The van der Waals surface area contributed by atoms with E-state index in [1.165, 1.54) is 0 Å². The summed E-state index contributed by atoms with van der Waals surface area (Å²) in [7, 11) is 0. The Morgan fingerprint density at radius 2 is 2.10 bits per heavy atom. The Labute approximate surface area is 60.7 Å². The molecule has 0 saturated carbocycles. The van der Waals surface area contributed by atoms with Crippen LogP contribution in [0.4, 0.5) is 0 Å². The van der Waals surface area contributed by atoms with Gasteiger partial charge < -0.3 is 22.3 Å². The second kappa shape index (κ2) is 4.14. The molecule has 0 aromatic carbocycles. The summed E-state index contributed by atoms with van der Waals surface area (Å²) in [6.45, 7) is 1.91. The lowest BCUT2D eigenvalue weighted by atomic mass is 10.1. The molecule has 2 unspecified atom stereocenters. The van der Waals surface area contributed by atoms with E-state index in [2.05, 4.69) is 0 Å². The largest absolute Gasteiger partial charge is 0.514 e. The van der Waals surface area contributed by atoms with E-state index in [1.54, 1.807) is 0 Å². The maximum absolute atomic E-state index is 8.43. The van der Waals surface area contributed by atoms with Crippen molar-refractivity contribution in [2.75, 3.05) is 0 Å². The molecule has 4 heteroatoms. The highest BCUT2D eigenvalue weighted by atomic mass is 16.2. The van der Waals surface area contributed by atoms with Gasteiger partial charge in [0.1, 0.15) is 0 Å². The summed E-state index contributed by atoms with van der Waals surface area (Å²) in [5.41, 5.74) is 16.6. The third-order valence-corrected chi connectivity index (χ3v) is 1.47. The van der Waals surface area contributed by atoms with Gasteiger partial charge in [-0.2, -0.15) is 0 Å². The smallest absolute Gasteiger partial charge is 0.0995 e. The van der Waals surface area contributed by atoms with E-state index in [0.29, 0.717) is 0 Å². The third kappa shape index (κ3) is 2.24. The number of rotatable bonds is 3. The van der Waals surface area contributed by atoms with Gasteiger partial charge in [-0.25, -0.2) is 0 Å². The summed E-state index contributed by atoms with van der Waals surface area (Å²) in [6.07, 6.45) is 1.54. The average molecular weight is 145 g/mol. The lowest BCUT2D eigenvalue weighted by Gasteiger charge is -2.17. The van der Waals surface area contributed by atoms with Crippen LogP contribution in [-0.2, 0) is 0 Å². The van der Waals surface area contributed by atoms with Crippen LogP contribution >= 0.6 is 0 Å². The van der Waals surface area contributed by atoms with E-state index < -0.39 is 6.04 Å². The molecule has 0 bridgehead atoms. The van der Waals surface area contributed by atoms with E-state index in [-0.39, 0.29) is 11.7 Å². The third-order valence-electron chi connectivity index (χ3n) is 1.47. The van der Waals surface area contributed by atoms with Crippen molar-refractivity contribution < 1.29 is 5.11 Å². The molecule has 0 aliphatic heterocycles. The van der Waals surface area contributed by atoms with Crippen molar-refractivity contribution in [3.05, 3.63) is 12.0 Å². The minimum Gasteiger partial charge on any atom is -0.514 e. The van der Waals surface area contributed by atoms with Crippen molar-refractivity contribution in [3.63, 3.8) is 0 Å². The summed E-state index contributed by atoms with van der Waals surface area (Å²) >= 11 is 0. The van der Waals surface area contributed by atoms with Crippen LogP contribution in [0.15, 0.2) is 12.0 Å². The van der Waals surface area contributed by atoms with Crippen molar-refractivity contribution in [1.29, 1.82) is 0 Å². The first kappa shape index (κ1) is 9.26. The normalized spacial score (nSPS) is 18.5. The highest BCUT2D eigenvalue weighted by Gasteiger charge is 2.12. The maximum Gasteiger partial charge on any atom is 0.0995 e. The van der Waals surface area contributed by atoms with E-state index in [4.69, 9.17) is 22.3 Å². The molecule has 0 saturated heterocycles.